The fraction of sp³-hybridized carbons (Fsp3) is 0.500. The summed E-state index contributed by atoms with van der Waals surface area (Å²) in [6, 6.07) is 8.10. The van der Waals surface area contributed by atoms with Crippen molar-refractivity contribution in [2.75, 3.05) is 18.5 Å². The molecule has 1 aromatic heterocycles. The molecule has 1 aliphatic heterocycles. The van der Waals surface area contributed by atoms with E-state index in [1.807, 2.05) is 26.1 Å². The van der Waals surface area contributed by atoms with Gasteiger partial charge in [0.2, 0.25) is 5.95 Å². The van der Waals surface area contributed by atoms with Gasteiger partial charge in [-0.15, -0.1) is 0 Å². The maximum Gasteiger partial charge on any atom is 0.221 e. The molecule has 1 fully saturated rings. The van der Waals surface area contributed by atoms with Gasteiger partial charge in [0.05, 0.1) is 6.10 Å². The van der Waals surface area contributed by atoms with Crippen molar-refractivity contribution < 1.29 is 9.47 Å². The number of benzene rings is 1. The van der Waals surface area contributed by atoms with Gasteiger partial charge in [0.1, 0.15) is 18.2 Å². The monoisotopic (exact) mass is 302 g/mol. The van der Waals surface area contributed by atoms with E-state index in [2.05, 4.69) is 27.5 Å². The summed E-state index contributed by atoms with van der Waals surface area (Å²) in [6.45, 7) is 4.08. The molecule has 1 unspecified atom stereocenters. The van der Waals surface area contributed by atoms with Gasteiger partial charge in [-0.3, -0.25) is 0 Å². The molecule has 3 rings (SSSR count). The molecule has 1 aliphatic rings. The van der Waals surface area contributed by atoms with Gasteiger partial charge in [0.25, 0.3) is 0 Å². The highest BCUT2D eigenvalue weighted by atomic mass is 16.5. The highest BCUT2D eigenvalue weighted by Crippen LogP contribution is 2.17. The average Bonchev–Trinajstić information content (AvgIpc) is 3.14. The second-order valence-corrected chi connectivity index (χ2v) is 5.55. The van der Waals surface area contributed by atoms with Gasteiger partial charge < -0.3 is 14.8 Å². The summed E-state index contributed by atoms with van der Waals surface area (Å²) in [6.07, 6.45) is 2.49. The van der Waals surface area contributed by atoms with Crippen molar-refractivity contribution in [2.45, 2.75) is 32.4 Å². The number of nitrogens with one attached hydrogen (secondary N) is 1. The zero-order valence-electron chi connectivity index (χ0n) is 13.1. The smallest absolute Gasteiger partial charge is 0.221 e. The summed E-state index contributed by atoms with van der Waals surface area (Å²) < 4.78 is 13.1. The van der Waals surface area contributed by atoms with E-state index >= 15 is 0 Å². The first-order chi connectivity index (χ1) is 10.7. The molecule has 0 spiro atoms. The number of nitrogens with zero attached hydrogens (tertiary/aromatic N) is 3. The van der Waals surface area contributed by atoms with Crippen LogP contribution in [0.5, 0.6) is 5.75 Å². The summed E-state index contributed by atoms with van der Waals surface area (Å²) in [5, 5.41) is 7.49. The SMILES string of the molecule is Cc1nc(NCc2ccc(OCC3CCCO3)cc2)n(C)n1. The van der Waals surface area contributed by atoms with E-state index in [1.165, 1.54) is 5.56 Å². The number of anilines is 1. The third-order valence-electron chi connectivity index (χ3n) is 3.70. The molecule has 6 heteroatoms. The van der Waals surface area contributed by atoms with Gasteiger partial charge in [-0.1, -0.05) is 12.1 Å². The maximum absolute atomic E-state index is 5.76. The van der Waals surface area contributed by atoms with Crippen LogP contribution < -0.4 is 10.1 Å². The zero-order valence-corrected chi connectivity index (χ0v) is 13.1. The Bertz CT molecular complexity index is 603. The first kappa shape index (κ1) is 14.8. The lowest BCUT2D eigenvalue weighted by Crippen LogP contribution is -2.16. The minimum absolute atomic E-state index is 0.250. The number of hydrogen-bond donors (Lipinski definition) is 1. The summed E-state index contributed by atoms with van der Waals surface area (Å²) >= 11 is 0. The third-order valence-corrected chi connectivity index (χ3v) is 3.70. The number of hydrogen-bond acceptors (Lipinski definition) is 5. The lowest BCUT2D eigenvalue weighted by molar-refractivity contribution is 0.0679. The van der Waals surface area contributed by atoms with Crippen molar-refractivity contribution in [3.63, 3.8) is 0 Å². The summed E-state index contributed by atoms with van der Waals surface area (Å²) in [5.74, 6) is 2.42. The minimum Gasteiger partial charge on any atom is -0.491 e. The van der Waals surface area contributed by atoms with Gasteiger partial charge in [-0.05, 0) is 37.5 Å². The number of ether oxygens (including phenoxy) is 2. The van der Waals surface area contributed by atoms with Gasteiger partial charge in [-0.2, -0.15) is 10.1 Å². The molecule has 0 radical (unpaired) electrons. The first-order valence-corrected chi connectivity index (χ1v) is 7.65. The van der Waals surface area contributed by atoms with Gasteiger partial charge in [-0.25, -0.2) is 4.68 Å². The van der Waals surface area contributed by atoms with Crippen molar-refractivity contribution in [1.82, 2.24) is 14.8 Å². The standard InChI is InChI=1S/C16H22N4O2/c1-12-18-16(20(2)19-12)17-10-13-5-7-14(8-6-13)22-11-15-4-3-9-21-15/h5-8,15H,3-4,9-11H2,1-2H3,(H,17,18,19). The van der Waals surface area contributed by atoms with Crippen LogP contribution in [0.25, 0.3) is 0 Å². The normalized spacial score (nSPS) is 17.6. The highest BCUT2D eigenvalue weighted by molar-refractivity contribution is 5.31. The van der Waals surface area contributed by atoms with Crippen LogP contribution in [0.15, 0.2) is 24.3 Å². The summed E-state index contributed by atoms with van der Waals surface area (Å²) in [7, 11) is 1.88. The van der Waals surface area contributed by atoms with Gasteiger partial charge >= 0.3 is 0 Å². The molecule has 1 N–H and O–H groups in total. The first-order valence-electron chi connectivity index (χ1n) is 7.65. The van der Waals surface area contributed by atoms with Crippen LogP contribution in [-0.4, -0.2) is 34.1 Å². The Balaban J connectivity index is 1.49. The summed E-state index contributed by atoms with van der Waals surface area (Å²) in [5.41, 5.74) is 1.17. The molecule has 0 aliphatic carbocycles. The van der Waals surface area contributed by atoms with Crippen LogP contribution in [-0.2, 0) is 18.3 Å². The largest absolute Gasteiger partial charge is 0.491 e. The Morgan fingerprint density at radius 2 is 2.18 bits per heavy atom. The molecule has 0 bridgehead atoms. The molecule has 6 nitrogen and oxygen atoms in total. The van der Waals surface area contributed by atoms with Crippen LogP contribution in [0, 0.1) is 6.92 Å². The van der Waals surface area contributed by atoms with E-state index in [0.717, 1.165) is 37.0 Å². The molecule has 118 valence electrons. The Morgan fingerprint density at radius 3 is 2.82 bits per heavy atom. The van der Waals surface area contributed by atoms with Crippen molar-refractivity contribution in [3.05, 3.63) is 35.7 Å². The van der Waals surface area contributed by atoms with E-state index in [-0.39, 0.29) is 6.10 Å². The molecule has 2 heterocycles. The average molecular weight is 302 g/mol. The maximum atomic E-state index is 5.76. The van der Waals surface area contributed by atoms with E-state index in [0.29, 0.717) is 13.2 Å². The zero-order chi connectivity index (χ0) is 15.4. The Hall–Kier alpha value is -2.08. The van der Waals surface area contributed by atoms with E-state index in [4.69, 9.17) is 9.47 Å². The second kappa shape index (κ2) is 6.79. The van der Waals surface area contributed by atoms with Crippen molar-refractivity contribution in [3.8, 4) is 5.75 Å². The molecule has 2 aromatic rings. The van der Waals surface area contributed by atoms with E-state index < -0.39 is 0 Å². The Kier molecular flexibility index (Phi) is 4.58. The van der Waals surface area contributed by atoms with Gasteiger partial charge in [0, 0.05) is 20.2 Å². The van der Waals surface area contributed by atoms with Crippen LogP contribution in [0.2, 0.25) is 0 Å². The van der Waals surface area contributed by atoms with Crippen molar-refractivity contribution in [1.29, 1.82) is 0 Å². The van der Waals surface area contributed by atoms with Crippen molar-refractivity contribution in [2.24, 2.45) is 7.05 Å². The Morgan fingerprint density at radius 1 is 1.36 bits per heavy atom. The number of aryl methyl sites for hydroxylation is 2. The Labute approximate surface area is 130 Å². The predicted molar refractivity (Wildman–Crippen MR) is 84.0 cm³/mol. The topological polar surface area (TPSA) is 61.2 Å². The van der Waals surface area contributed by atoms with Crippen LogP contribution in [0.3, 0.4) is 0 Å². The van der Waals surface area contributed by atoms with E-state index in [9.17, 15) is 0 Å². The molecule has 1 atom stereocenters. The second-order valence-electron chi connectivity index (χ2n) is 5.55. The lowest BCUT2D eigenvalue weighted by Gasteiger charge is -2.12. The number of aromatic nitrogens is 3. The summed E-state index contributed by atoms with van der Waals surface area (Å²) in [4.78, 5) is 4.32. The van der Waals surface area contributed by atoms with Crippen LogP contribution in [0.4, 0.5) is 5.95 Å². The van der Waals surface area contributed by atoms with Gasteiger partial charge in [0.15, 0.2) is 0 Å². The molecular formula is C16H22N4O2. The molecule has 0 saturated carbocycles. The fourth-order valence-corrected chi connectivity index (χ4v) is 2.52. The molecule has 22 heavy (non-hydrogen) atoms. The van der Waals surface area contributed by atoms with E-state index in [1.54, 1.807) is 4.68 Å². The lowest BCUT2D eigenvalue weighted by atomic mass is 10.2. The number of rotatable bonds is 6. The predicted octanol–water partition coefficient (Wildman–Crippen LogP) is 2.29. The fourth-order valence-electron chi connectivity index (χ4n) is 2.52. The van der Waals surface area contributed by atoms with Crippen LogP contribution in [0.1, 0.15) is 24.2 Å². The minimum atomic E-state index is 0.250. The molecule has 1 saturated heterocycles. The van der Waals surface area contributed by atoms with Crippen molar-refractivity contribution >= 4 is 5.95 Å². The third kappa shape index (κ3) is 3.76. The molecular weight excluding hydrogens is 280 g/mol. The molecule has 0 amide bonds. The molecule has 1 aromatic carbocycles. The highest BCUT2D eigenvalue weighted by Gasteiger charge is 2.15. The quantitative estimate of drug-likeness (QED) is 0.887. The van der Waals surface area contributed by atoms with Crippen LogP contribution >= 0.6 is 0 Å².